The number of benzene rings is 2. The molecule has 2 aromatic carbocycles. The van der Waals surface area contributed by atoms with Gasteiger partial charge >= 0.3 is 0 Å². The molecule has 1 unspecified atom stereocenters. The lowest BCUT2D eigenvalue weighted by Gasteiger charge is -2.23. The van der Waals surface area contributed by atoms with Crippen molar-refractivity contribution in [2.75, 3.05) is 0 Å². The highest BCUT2D eigenvalue weighted by atomic mass is 35.6. The van der Waals surface area contributed by atoms with Gasteiger partial charge in [0.2, 0.25) is 7.38 Å². The molecule has 0 heterocycles. The fourth-order valence-electron chi connectivity index (χ4n) is 2.15. The molecule has 0 fully saturated rings. The molecular weight excluding hydrogens is 244 g/mol. The Hall–Kier alpha value is -1.05. The Morgan fingerprint density at radius 3 is 2.24 bits per heavy atom. The molecule has 2 rings (SSSR count). The van der Waals surface area contributed by atoms with Crippen molar-refractivity contribution in [1.82, 2.24) is 0 Å². The van der Waals surface area contributed by atoms with Gasteiger partial charge in [0.25, 0.3) is 0 Å². The van der Waals surface area contributed by atoms with Crippen molar-refractivity contribution in [3.8, 4) is 0 Å². The molecule has 0 spiro atoms. The summed E-state index contributed by atoms with van der Waals surface area (Å²) in [6.07, 6.45) is 0. The molecule has 2 heteroatoms. The summed E-state index contributed by atoms with van der Waals surface area (Å²) in [5.41, 5.74) is 2.57. The normalized spacial score (nSPS) is 14.4. The van der Waals surface area contributed by atoms with Crippen molar-refractivity contribution < 1.29 is 0 Å². The Kier molecular flexibility index (Phi) is 3.41. The van der Waals surface area contributed by atoms with Crippen molar-refractivity contribution in [3.63, 3.8) is 0 Å². The molecule has 2 aromatic rings. The predicted molar refractivity (Wildman–Crippen MR) is 79.1 cm³/mol. The first-order valence-corrected chi connectivity index (χ1v) is 9.35. The van der Waals surface area contributed by atoms with E-state index in [1.54, 1.807) is 0 Å². The van der Waals surface area contributed by atoms with Gasteiger partial charge in [0, 0.05) is 0 Å². The maximum Gasteiger partial charge on any atom is 0.214 e. The van der Waals surface area contributed by atoms with Gasteiger partial charge in [0.15, 0.2) is 0 Å². The number of rotatable bonds is 2. The van der Waals surface area contributed by atoms with Crippen LogP contribution in [0, 0.1) is 13.8 Å². The molecule has 0 saturated carbocycles. The van der Waals surface area contributed by atoms with Gasteiger partial charge in [-0.15, -0.1) is 0 Å². The van der Waals surface area contributed by atoms with Crippen LogP contribution in [0.1, 0.15) is 11.1 Å². The van der Waals surface area contributed by atoms with Crippen molar-refractivity contribution in [2.24, 2.45) is 0 Å². The van der Waals surface area contributed by atoms with Crippen LogP contribution in [-0.4, -0.2) is 7.38 Å². The van der Waals surface area contributed by atoms with E-state index >= 15 is 0 Å². The van der Waals surface area contributed by atoms with Gasteiger partial charge in [-0.1, -0.05) is 59.7 Å². The van der Waals surface area contributed by atoms with Crippen LogP contribution < -0.4 is 10.4 Å². The van der Waals surface area contributed by atoms with E-state index in [1.165, 1.54) is 21.5 Å². The fourth-order valence-corrected chi connectivity index (χ4v) is 5.59. The molecule has 1 atom stereocenters. The average Bonchev–Trinajstić information content (AvgIpc) is 2.33. The summed E-state index contributed by atoms with van der Waals surface area (Å²) in [6, 6.07) is 17.0. The van der Waals surface area contributed by atoms with Gasteiger partial charge < -0.3 is 0 Å². The van der Waals surface area contributed by atoms with Gasteiger partial charge in [0.05, 0.1) is 0 Å². The molecule has 0 bridgehead atoms. The lowest BCUT2D eigenvalue weighted by Crippen LogP contribution is -2.51. The van der Waals surface area contributed by atoms with E-state index in [4.69, 9.17) is 11.1 Å². The zero-order chi connectivity index (χ0) is 12.5. The fraction of sp³-hybridized carbons (Fsp3) is 0.200. The molecule has 0 N–H and O–H groups in total. The van der Waals surface area contributed by atoms with E-state index in [0.717, 1.165) is 0 Å². The first kappa shape index (κ1) is 12.4. The second-order valence-electron chi connectivity index (χ2n) is 4.69. The molecule has 17 heavy (non-hydrogen) atoms. The summed E-state index contributed by atoms with van der Waals surface area (Å²) < 4.78 is 0. The second kappa shape index (κ2) is 4.67. The summed E-state index contributed by atoms with van der Waals surface area (Å²) in [7, 11) is -2.06. The topological polar surface area (TPSA) is 0 Å². The van der Waals surface area contributed by atoms with Crippen LogP contribution in [0.3, 0.4) is 0 Å². The van der Waals surface area contributed by atoms with E-state index in [1.807, 2.05) is 6.07 Å². The SMILES string of the molecule is Cc1ccc(C)c([Si](C)(Cl)c2ccccc2)c1. The summed E-state index contributed by atoms with van der Waals surface area (Å²) in [5, 5.41) is 2.60. The maximum atomic E-state index is 6.90. The van der Waals surface area contributed by atoms with Gasteiger partial charge in [-0.2, -0.15) is 11.1 Å². The minimum absolute atomic E-state index is 1.27. The molecule has 0 nitrogen and oxygen atoms in total. The smallest absolute Gasteiger partial charge is 0.155 e. The second-order valence-corrected chi connectivity index (χ2v) is 10.1. The van der Waals surface area contributed by atoms with E-state index in [9.17, 15) is 0 Å². The summed E-state index contributed by atoms with van der Waals surface area (Å²) >= 11 is 6.90. The Morgan fingerprint density at radius 1 is 0.941 bits per heavy atom. The first-order valence-electron chi connectivity index (χ1n) is 5.84. The zero-order valence-corrected chi connectivity index (χ0v) is 12.3. The maximum absolute atomic E-state index is 6.90. The monoisotopic (exact) mass is 260 g/mol. The third kappa shape index (κ3) is 2.45. The van der Waals surface area contributed by atoms with E-state index in [-0.39, 0.29) is 0 Å². The van der Waals surface area contributed by atoms with Gasteiger partial charge in [-0.05, 0) is 30.8 Å². The van der Waals surface area contributed by atoms with E-state index in [2.05, 4.69) is 62.9 Å². The van der Waals surface area contributed by atoms with Gasteiger partial charge in [-0.25, -0.2) is 0 Å². The summed E-state index contributed by atoms with van der Waals surface area (Å²) in [5.74, 6) is 0. The number of halogens is 1. The lowest BCUT2D eigenvalue weighted by molar-refractivity contribution is 1.42. The van der Waals surface area contributed by atoms with Crippen molar-refractivity contribution in [2.45, 2.75) is 20.4 Å². The third-order valence-corrected chi connectivity index (χ3v) is 7.45. The minimum Gasteiger partial charge on any atom is -0.155 e. The number of hydrogen-bond acceptors (Lipinski definition) is 0. The highest BCUT2D eigenvalue weighted by molar-refractivity contribution is 7.33. The van der Waals surface area contributed by atoms with Crippen LogP contribution in [0.15, 0.2) is 48.5 Å². The average molecular weight is 261 g/mol. The van der Waals surface area contributed by atoms with Crippen LogP contribution in [0.25, 0.3) is 0 Å². The van der Waals surface area contributed by atoms with Crippen LogP contribution in [-0.2, 0) is 0 Å². The molecule has 0 amide bonds. The molecule has 0 aromatic heterocycles. The van der Waals surface area contributed by atoms with Gasteiger partial charge in [-0.3, -0.25) is 0 Å². The quantitative estimate of drug-likeness (QED) is 0.575. The molecule has 0 saturated heterocycles. The number of hydrogen-bond donors (Lipinski definition) is 0. The lowest BCUT2D eigenvalue weighted by atomic mass is 10.2. The Morgan fingerprint density at radius 2 is 1.59 bits per heavy atom. The van der Waals surface area contributed by atoms with Crippen LogP contribution >= 0.6 is 11.1 Å². The van der Waals surface area contributed by atoms with Crippen molar-refractivity contribution in [3.05, 3.63) is 59.7 Å². The minimum atomic E-state index is -2.06. The molecular formula is C15H17ClSi. The van der Waals surface area contributed by atoms with Crippen molar-refractivity contribution >= 4 is 28.8 Å². The molecule has 0 radical (unpaired) electrons. The summed E-state index contributed by atoms with van der Waals surface area (Å²) in [6.45, 7) is 6.46. The van der Waals surface area contributed by atoms with Gasteiger partial charge in [0.1, 0.15) is 0 Å². The van der Waals surface area contributed by atoms with E-state index < -0.39 is 7.38 Å². The summed E-state index contributed by atoms with van der Waals surface area (Å²) in [4.78, 5) is 0. The predicted octanol–water partition coefficient (Wildman–Crippen LogP) is 3.23. The highest BCUT2D eigenvalue weighted by Crippen LogP contribution is 2.13. The Bertz CT molecular complexity index is 518. The van der Waals surface area contributed by atoms with Crippen LogP contribution in [0.5, 0.6) is 0 Å². The first-order chi connectivity index (χ1) is 8.01. The highest BCUT2D eigenvalue weighted by Gasteiger charge is 2.30. The molecule has 0 aliphatic carbocycles. The zero-order valence-electron chi connectivity index (χ0n) is 10.5. The Labute approximate surface area is 109 Å². The largest absolute Gasteiger partial charge is 0.214 e. The van der Waals surface area contributed by atoms with Crippen LogP contribution in [0.2, 0.25) is 6.55 Å². The third-order valence-electron chi connectivity index (χ3n) is 3.21. The number of aryl methyl sites for hydroxylation is 2. The van der Waals surface area contributed by atoms with Crippen LogP contribution in [0.4, 0.5) is 0 Å². The Balaban J connectivity index is 2.55. The molecule has 88 valence electrons. The standard InChI is InChI=1S/C15H17ClSi/c1-12-9-10-13(2)15(11-12)17(3,16)14-7-5-4-6-8-14/h4-11H,1-3H3. The van der Waals surface area contributed by atoms with Crippen molar-refractivity contribution in [1.29, 1.82) is 0 Å². The molecule has 0 aliphatic heterocycles. The van der Waals surface area contributed by atoms with E-state index in [0.29, 0.717) is 0 Å². The molecule has 0 aliphatic rings.